The zero-order chi connectivity index (χ0) is 11.7. The topological polar surface area (TPSA) is 50.7 Å². The fourth-order valence-corrected chi connectivity index (χ4v) is 2.19. The minimum atomic E-state index is -0.109. The van der Waals surface area contributed by atoms with Crippen molar-refractivity contribution in [1.29, 1.82) is 0 Å². The number of nitrogens with zero attached hydrogens (tertiary/aromatic N) is 2. The smallest absolute Gasteiger partial charge is 0.287 e. The largest absolute Gasteiger partial charge is 0.292 e. The van der Waals surface area contributed by atoms with Gasteiger partial charge in [-0.2, -0.15) is 0 Å². The van der Waals surface area contributed by atoms with Gasteiger partial charge in [-0.3, -0.25) is 9.89 Å². The summed E-state index contributed by atoms with van der Waals surface area (Å²) in [4.78, 5) is 16.1. The van der Waals surface area contributed by atoms with Crippen molar-refractivity contribution in [1.82, 2.24) is 14.8 Å². The van der Waals surface area contributed by atoms with Crippen LogP contribution in [0.5, 0.6) is 0 Å². The molecule has 2 rings (SSSR count). The van der Waals surface area contributed by atoms with Crippen molar-refractivity contribution in [3.8, 4) is 5.82 Å². The third-order valence-corrected chi connectivity index (χ3v) is 3.08. The van der Waals surface area contributed by atoms with Crippen LogP contribution in [0.1, 0.15) is 25.5 Å². The van der Waals surface area contributed by atoms with Crippen molar-refractivity contribution in [3.63, 3.8) is 0 Å². The Kier molecular flexibility index (Phi) is 2.96. The van der Waals surface area contributed by atoms with E-state index < -0.39 is 0 Å². The summed E-state index contributed by atoms with van der Waals surface area (Å²) in [5.41, 5.74) is 0.776. The summed E-state index contributed by atoms with van der Waals surface area (Å²) in [6.07, 6.45) is 1.66. The first-order valence-corrected chi connectivity index (χ1v) is 5.82. The Bertz CT molecular complexity index is 542. The molecule has 0 bridgehead atoms. The van der Waals surface area contributed by atoms with Crippen LogP contribution in [0.2, 0.25) is 0 Å². The molecule has 2 heterocycles. The SMILES string of the molecule is CC(C)c1[nH]n(-c2ccccn2)c(=O)c1Br. The van der Waals surface area contributed by atoms with Crippen LogP contribution in [0, 0.1) is 0 Å². The molecule has 0 spiro atoms. The first-order chi connectivity index (χ1) is 7.61. The molecule has 2 aromatic heterocycles. The molecule has 0 aliphatic heterocycles. The quantitative estimate of drug-likeness (QED) is 0.919. The molecule has 0 saturated carbocycles. The van der Waals surface area contributed by atoms with Crippen molar-refractivity contribution in [2.75, 3.05) is 0 Å². The lowest BCUT2D eigenvalue weighted by atomic mass is 10.1. The third-order valence-electron chi connectivity index (χ3n) is 2.32. The van der Waals surface area contributed by atoms with Gasteiger partial charge in [-0.05, 0) is 34.0 Å². The molecule has 0 amide bonds. The molecule has 0 fully saturated rings. The number of nitrogens with one attached hydrogen (secondary N) is 1. The van der Waals surface area contributed by atoms with Gasteiger partial charge in [0, 0.05) is 6.20 Å². The Morgan fingerprint density at radius 2 is 2.19 bits per heavy atom. The average Bonchev–Trinajstić information content (AvgIpc) is 2.58. The number of hydrogen-bond acceptors (Lipinski definition) is 2. The van der Waals surface area contributed by atoms with Gasteiger partial charge in [-0.25, -0.2) is 9.67 Å². The van der Waals surface area contributed by atoms with Gasteiger partial charge in [-0.1, -0.05) is 19.9 Å². The van der Waals surface area contributed by atoms with Crippen molar-refractivity contribution >= 4 is 15.9 Å². The van der Waals surface area contributed by atoms with Crippen molar-refractivity contribution in [2.45, 2.75) is 19.8 Å². The molecule has 16 heavy (non-hydrogen) atoms. The summed E-state index contributed by atoms with van der Waals surface area (Å²) < 4.78 is 2.02. The van der Waals surface area contributed by atoms with Crippen LogP contribution in [-0.4, -0.2) is 14.8 Å². The summed E-state index contributed by atoms with van der Waals surface area (Å²) in [5, 5.41) is 3.06. The van der Waals surface area contributed by atoms with E-state index in [1.165, 1.54) is 4.68 Å². The van der Waals surface area contributed by atoms with Gasteiger partial charge < -0.3 is 0 Å². The lowest BCUT2D eigenvalue weighted by Gasteiger charge is -2.02. The fourth-order valence-electron chi connectivity index (χ4n) is 1.46. The first-order valence-electron chi connectivity index (χ1n) is 5.03. The summed E-state index contributed by atoms with van der Waals surface area (Å²) in [7, 11) is 0. The van der Waals surface area contributed by atoms with E-state index in [0.29, 0.717) is 10.3 Å². The van der Waals surface area contributed by atoms with Crippen LogP contribution >= 0.6 is 15.9 Å². The zero-order valence-corrected chi connectivity index (χ0v) is 10.7. The van der Waals surface area contributed by atoms with Gasteiger partial charge in [0.1, 0.15) is 4.47 Å². The average molecular weight is 282 g/mol. The molecule has 2 aromatic rings. The normalized spacial score (nSPS) is 11.0. The van der Waals surface area contributed by atoms with Crippen LogP contribution in [0.25, 0.3) is 5.82 Å². The highest BCUT2D eigenvalue weighted by atomic mass is 79.9. The monoisotopic (exact) mass is 281 g/mol. The number of rotatable bonds is 2. The van der Waals surface area contributed by atoms with Crippen molar-refractivity contribution in [2.24, 2.45) is 0 Å². The number of aromatic nitrogens is 3. The van der Waals surface area contributed by atoms with Gasteiger partial charge in [0.2, 0.25) is 0 Å². The molecule has 0 atom stereocenters. The molecular formula is C11H12BrN3O. The van der Waals surface area contributed by atoms with E-state index in [-0.39, 0.29) is 11.5 Å². The molecule has 5 heteroatoms. The highest BCUT2D eigenvalue weighted by Gasteiger charge is 2.15. The van der Waals surface area contributed by atoms with E-state index in [1.54, 1.807) is 12.3 Å². The second kappa shape index (κ2) is 4.25. The minimum Gasteiger partial charge on any atom is -0.292 e. The van der Waals surface area contributed by atoms with Crippen LogP contribution in [-0.2, 0) is 0 Å². The molecule has 0 aliphatic rings. The minimum absolute atomic E-state index is 0.109. The number of pyridine rings is 1. The number of aromatic amines is 1. The van der Waals surface area contributed by atoms with E-state index in [4.69, 9.17) is 0 Å². The molecule has 84 valence electrons. The number of halogens is 1. The maximum Gasteiger partial charge on any atom is 0.287 e. The van der Waals surface area contributed by atoms with Crippen LogP contribution in [0.3, 0.4) is 0 Å². The second-order valence-corrected chi connectivity index (χ2v) is 4.62. The van der Waals surface area contributed by atoms with Gasteiger partial charge >= 0.3 is 0 Å². The highest BCUT2D eigenvalue weighted by molar-refractivity contribution is 9.10. The molecule has 0 aliphatic carbocycles. The zero-order valence-electron chi connectivity index (χ0n) is 9.07. The van der Waals surface area contributed by atoms with Crippen LogP contribution in [0.15, 0.2) is 33.7 Å². The Hall–Kier alpha value is -1.36. The summed E-state index contributed by atoms with van der Waals surface area (Å²) in [6, 6.07) is 5.45. The summed E-state index contributed by atoms with van der Waals surface area (Å²) in [6.45, 7) is 4.05. The Labute approximate surface area is 101 Å². The maximum absolute atomic E-state index is 11.9. The van der Waals surface area contributed by atoms with Gasteiger partial charge in [0.05, 0.1) is 5.69 Å². The van der Waals surface area contributed by atoms with E-state index in [0.717, 1.165) is 5.69 Å². The van der Waals surface area contributed by atoms with E-state index in [2.05, 4.69) is 26.0 Å². The molecule has 1 N–H and O–H groups in total. The molecule has 0 aromatic carbocycles. The predicted octanol–water partition coefficient (Wildman–Crippen LogP) is 2.45. The first kappa shape index (κ1) is 11.1. The molecule has 4 nitrogen and oxygen atoms in total. The van der Waals surface area contributed by atoms with Gasteiger partial charge in [0.15, 0.2) is 5.82 Å². The van der Waals surface area contributed by atoms with Gasteiger partial charge in [-0.15, -0.1) is 0 Å². The number of hydrogen-bond donors (Lipinski definition) is 1. The summed E-state index contributed by atoms with van der Waals surface area (Å²) >= 11 is 3.31. The van der Waals surface area contributed by atoms with Crippen molar-refractivity contribution < 1.29 is 0 Å². The van der Waals surface area contributed by atoms with Crippen LogP contribution < -0.4 is 5.56 Å². The Morgan fingerprint density at radius 1 is 1.44 bits per heavy atom. The third kappa shape index (κ3) is 1.82. The fraction of sp³-hybridized carbons (Fsp3) is 0.273. The lowest BCUT2D eigenvalue weighted by molar-refractivity contribution is 0.748. The van der Waals surface area contributed by atoms with Gasteiger partial charge in [0.25, 0.3) is 5.56 Å². The standard InChI is InChI=1S/C11H12BrN3O/c1-7(2)10-9(12)11(16)15(14-10)8-5-3-4-6-13-8/h3-7,14H,1-2H3. The van der Waals surface area contributed by atoms with E-state index >= 15 is 0 Å². The predicted molar refractivity (Wildman–Crippen MR) is 66.0 cm³/mol. The van der Waals surface area contributed by atoms with E-state index in [9.17, 15) is 4.79 Å². The maximum atomic E-state index is 11.9. The molecular weight excluding hydrogens is 270 g/mol. The van der Waals surface area contributed by atoms with Crippen LogP contribution in [0.4, 0.5) is 0 Å². The highest BCUT2D eigenvalue weighted by Crippen LogP contribution is 2.19. The van der Waals surface area contributed by atoms with Crippen molar-refractivity contribution in [3.05, 3.63) is 44.9 Å². The number of H-pyrrole nitrogens is 1. The molecule has 0 radical (unpaired) electrons. The molecule has 0 saturated heterocycles. The summed E-state index contributed by atoms with van der Waals surface area (Å²) in [5.74, 6) is 0.854. The Balaban J connectivity index is 2.60. The Morgan fingerprint density at radius 3 is 2.69 bits per heavy atom. The lowest BCUT2D eigenvalue weighted by Crippen LogP contribution is -2.15. The van der Waals surface area contributed by atoms with E-state index in [1.807, 2.05) is 26.0 Å². The second-order valence-electron chi connectivity index (χ2n) is 3.82. The molecule has 0 unspecified atom stereocenters.